The summed E-state index contributed by atoms with van der Waals surface area (Å²) in [5.41, 5.74) is 1.20. The van der Waals surface area contributed by atoms with E-state index in [2.05, 4.69) is 0 Å². The molecule has 0 fully saturated rings. The van der Waals surface area contributed by atoms with Crippen LogP contribution < -0.4 is 5.76 Å². The molecule has 0 saturated heterocycles. The van der Waals surface area contributed by atoms with Crippen molar-refractivity contribution in [3.05, 3.63) is 69.7 Å². The van der Waals surface area contributed by atoms with E-state index in [4.69, 9.17) is 9.52 Å². The standard InChI is InChI=1S/C18H12N2O6/c21-15-11-3-1-2-4-12(11)16(22)20(15)8-7-19-13-9-10(17(23)24)5-6-14(13)26-18(19)25/h1-6,9H,7-8H2,(H,23,24). The number of imide groups is 1. The van der Waals surface area contributed by atoms with Crippen molar-refractivity contribution in [2.75, 3.05) is 6.54 Å². The summed E-state index contributed by atoms with van der Waals surface area (Å²) in [6.07, 6.45) is 0. The number of oxazole rings is 1. The van der Waals surface area contributed by atoms with Crippen LogP contribution in [0.25, 0.3) is 11.1 Å². The van der Waals surface area contributed by atoms with Gasteiger partial charge in [0.15, 0.2) is 5.58 Å². The largest absolute Gasteiger partial charge is 0.478 e. The van der Waals surface area contributed by atoms with Gasteiger partial charge >= 0.3 is 11.7 Å². The van der Waals surface area contributed by atoms with E-state index in [1.54, 1.807) is 24.3 Å². The molecule has 0 spiro atoms. The van der Waals surface area contributed by atoms with Crippen LogP contribution in [0.3, 0.4) is 0 Å². The van der Waals surface area contributed by atoms with Gasteiger partial charge in [0.25, 0.3) is 11.8 Å². The van der Waals surface area contributed by atoms with Gasteiger partial charge in [-0.15, -0.1) is 0 Å². The smallest absolute Gasteiger partial charge is 0.420 e. The zero-order chi connectivity index (χ0) is 18.4. The lowest BCUT2D eigenvalue weighted by molar-refractivity contribution is 0.0645. The lowest BCUT2D eigenvalue weighted by Crippen LogP contribution is -2.34. The summed E-state index contributed by atoms with van der Waals surface area (Å²) in [6, 6.07) is 10.6. The molecular formula is C18H12N2O6. The minimum absolute atomic E-state index is 0.000371. The quantitative estimate of drug-likeness (QED) is 0.714. The van der Waals surface area contributed by atoms with Crippen molar-refractivity contribution < 1.29 is 23.9 Å². The number of carbonyl (C=O) groups is 3. The maximum Gasteiger partial charge on any atom is 0.420 e. The number of fused-ring (bicyclic) bond motifs is 2. The molecule has 0 saturated carbocycles. The zero-order valence-electron chi connectivity index (χ0n) is 13.3. The highest BCUT2D eigenvalue weighted by atomic mass is 16.4. The molecule has 0 radical (unpaired) electrons. The molecule has 3 aromatic rings. The molecule has 2 heterocycles. The van der Waals surface area contributed by atoms with Crippen molar-refractivity contribution in [1.29, 1.82) is 0 Å². The number of aromatic carboxylic acids is 1. The maximum absolute atomic E-state index is 12.4. The van der Waals surface area contributed by atoms with Gasteiger partial charge in [0, 0.05) is 13.1 Å². The Balaban J connectivity index is 1.65. The van der Waals surface area contributed by atoms with E-state index < -0.39 is 23.5 Å². The summed E-state index contributed by atoms with van der Waals surface area (Å²) in [7, 11) is 0. The van der Waals surface area contributed by atoms with Gasteiger partial charge in [-0.25, -0.2) is 9.59 Å². The number of carboxylic acid groups (broad SMARTS) is 1. The summed E-state index contributed by atoms with van der Waals surface area (Å²) < 4.78 is 6.30. The van der Waals surface area contributed by atoms with Gasteiger partial charge in [-0.1, -0.05) is 12.1 Å². The molecule has 1 aromatic heterocycles. The van der Waals surface area contributed by atoms with Crippen molar-refractivity contribution in [2.24, 2.45) is 0 Å². The van der Waals surface area contributed by atoms with E-state index in [1.165, 1.54) is 22.8 Å². The third kappa shape index (κ3) is 2.31. The van der Waals surface area contributed by atoms with Crippen molar-refractivity contribution in [3.63, 3.8) is 0 Å². The van der Waals surface area contributed by atoms with Gasteiger partial charge in [0.2, 0.25) is 0 Å². The first-order valence-corrected chi connectivity index (χ1v) is 7.79. The molecule has 8 heteroatoms. The molecule has 0 bridgehead atoms. The Morgan fingerprint density at radius 2 is 1.62 bits per heavy atom. The highest BCUT2D eigenvalue weighted by Crippen LogP contribution is 2.22. The van der Waals surface area contributed by atoms with Crippen LogP contribution in [0.15, 0.2) is 51.7 Å². The lowest BCUT2D eigenvalue weighted by Gasteiger charge is -2.13. The fourth-order valence-corrected chi connectivity index (χ4v) is 3.05. The van der Waals surface area contributed by atoms with Crippen LogP contribution in [0.4, 0.5) is 0 Å². The van der Waals surface area contributed by atoms with Crippen molar-refractivity contribution in [1.82, 2.24) is 9.47 Å². The van der Waals surface area contributed by atoms with Crippen LogP contribution in [0.2, 0.25) is 0 Å². The first-order valence-electron chi connectivity index (χ1n) is 7.79. The number of benzene rings is 2. The summed E-state index contributed by atoms with van der Waals surface area (Å²) in [5.74, 6) is -2.65. The Kier molecular flexibility index (Phi) is 3.47. The van der Waals surface area contributed by atoms with Crippen LogP contribution >= 0.6 is 0 Å². The van der Waals surface area contributed by atoms with E-state index >= 15 is 0 Å². The molecule has 0 atom stereocenters. The summed E-state index contributed by atoms with van der Waals surface area (Å²) in [5, 5.41) is 9.10. The Hall–Kier alpha value is -3.68. The molecule has 0 aliphatic carbocycles. The van der Waals surface area contributed by atoms with Gasteiger partial charge in [0.1, 0.15) is 0 Å². The molecule has 1 N–H and O–H groups in total. The van der Waals surface area contributed by atoms with Gasteiger partial charge < -0.3 is 9.52 Å². The van der Waals surface area contributed by atoms with Crippen LogP contribution in [-0.4, -0.2) is 38.9 Å². The van der Waals surface area contributed by atoms with Crippen molar-refractivity contribution in [2.45, 2.75) is 6.54 Å². The number of carbonyl (C=O) groups excluding carboxylic acids is 2. The van der Waals surface area contributed by atoms with Gasteiger partial charge in [0.05, 0.1) is 22.2 Å². The Morgan fingerprint density at radius 1 is 0.962 bits per heavy atom. The fourth-order valence-electron chi connectivity index (χ4n) is 3.05. The summed E-state index contributed by atoms with van der Waals surface area (Å²) in [6.45, 7) is -0.0292. The zero-order valence-corrected chi connectivity index (χ0v) is 13.3. The number of hydrogen-bond donors (Lipinski definition) is 1. The number of amides is 2. The second kappa shape index (κ2) is 5.69. The van der Waals surface area contributed by atoms with Gasteiger partial charge in [-0.2, -0.15) is 0 Å². The van der Waals surface area contributed by atoms with Gasteiger partial charge in [-0.3, -0.25) is 19.1 Å². The third-order valence-corrected chi connectivity index (χ3v) is 4.34. The summed E-state index contributed by atoms with van der Waals surface area (Å²) in [4.78, 5) is 49.0. The van der Waals surface area contributed by atoms with Gasteiger partial charge in [-0.05, 0) is 30.3 Å². The predicted molar refractivity (Wildman–Crippen MR) is 89.2 cm³/mol. The SMILES string of the molecule is O=C(O)c1ccc2oc(=O)n(CCN3C(=O)c4ccccc4C3=O)c2c1. The summed E-state index contributed by atoms with van der Waals surface area (Å²) >= 11 is 0. The molecule has 2 aromatic carbocycles. The van der Waals surface area contributed by atoms with E-state index in [0.29, 0.717) is 16.6 Å². The fraction of sp³-hybridized carbons (Fsp3) is 0.111. The number of rotatable bonds is 4. The minimum Gasteiger partial charge on any atom is -0.478 e. The number of carboxylic acids is 1. The monoisotopic (exact) mass is 352 g/mol. The number of nitrogens with zero attached hydrogens (tertiary/aromatic N) is 2. The Labute approximate surface area is 145 Å². The van der Waals surface area contributed by atoms with E-state index in [9.17, 15) is 19.2 Å². The normalized spacial score (nSPS) is 13.5. The van der Waals surface area contributed by atoms with Crippen LogP contribution in [0, 0.1) is 0 Å². The highest BCUT2D eigenvalue weighted by Gasteiger charge is 2.34. The second-order valence-corrected chi connectivity index (χ2v) is 5.81. The topological polar surface area (TPSA) is 110 Å². The van der Waals surface area contributed by atoms with Crippen molar-refractivity contribution in [3.8, 4) is 0 Å². The minimum atomic E-state index is -1.13. The van der Waals surface area contributed by atoms with Crippen LogP contribution in [-0.2, 0) is 6.54 Å². The van der Waals surface area contributed by atoms with E-state index in [0.717, 1.165) is 4.90 Å². The first-order chi connectivity index (χ1) is 12.5. The average Bonchev–Trinajstić information content (AvgIpc) is 3.07. The molecular weight excluding hydrogens is 340 g/mol. The molecule has 26 heavy (non-hydrogen) atoms. The molecule has 1 aliphatic rings. The number of aromatic nitrogens is 1. The van der Waals surface area contributed by atoms with Crippen LogP contribution in [0.1, 0.15) is 31.1 Å². The molecule has 2 amide bonds. The lowest BCUT2D eigenvalue weighted by atomic mass is 10.1. The first kappa shape index (κ1) is 15.8. The predicted octanol–water partition coefficient (Wildman–Crippen LogP) is 1.59. The Morgan fingerprint density at radius 3 is 2.23 bits per heavy atom. The molecule has 0 unspecified atom stereocenters. The molecule has 130 valence electrons. The molecule has 4 rings (SSSR count). The second-order valence-electron chi connectivity index (χ2n) is 5.81. The third-order valence-electron chi connectivity index (χ3n) is 4.34. The highest BCUT2D eigenvalue weighted by molar-refractivity contribution is 6.21. The average molecular weight is 352 g/mol. The van der Waals surface area contributed by atoms with E-state index in [-0.39, 0.29) is 24.2 Å². The number of hydrogen-bond acceptors (Lipinski definition) is 5. The maximum atomic E-state index is 12.4. The van der Waals surface area contributed by atoms with Crippen molar-refractivity contribution >= 4 is 28.9 Å². The van der Waals surface area contributed by atoms with E-state index in [1.807, 2.05) is 0 Å². The molecule has 1 aliphatic heterocycles. The molecule has 8 nitrogen and oxygen atoms in total. The van der Waals surface area contributed by atoms with Crippen LogP contribution in [0.5, 0.6) is 0 Å². The Bertz CT molecular complexity index is 1110.